The zero-order chi connectivity index (χ0) is 14.4. The number of ether oxygens (including phenoxy) is 1. The Morgan fingerprint density at radius 2 is 2.00 bits per heavy atom. The van der Waals surface area contributed by atoms with Gasteiger partial charge in [0.25, 0.3) is 0 Å². The number of fused-ring (bicyclic) bond motifs is 3. The van der Waals surface area contributed by atoms with Gasteiger partial charge in [0.05, 0.1) is 36.2 Å². The lowest BCUT2D eigenvalue weighted by Gasteiger charge is -2.23. The van der Waals surface area contributed by atoms with Gasteiger partial charge in [-0.2, -0.15) is 5.10 Å². The lowest BCUT2D eigenvalue weighted by atomic mass is 9.94. The SMILES string of the molecule is Nc1cccc2c1OCC1CN(c3ccc(Cl)cc3)N=C21. The molecule has 0 amide bonds. The lowest BCUT2D eigenvalue weighted by Crippen LogP contribution is -2.29. The Hall–Kier alpha value is -2.20. The third kappa shape index (κ3) is 2.03. The van der Waals surface area contributed by atoms with E-state index < -0.39 is 0 Å². The second-order valence-electron chi connectivity index (χ2n) is 5.28. The van der Waals surface area contributed by atoms with Crippen LogP contribution in [0.1, 0.15) is 5.56 Å². The highest BCUT2D eigenvalue weighted by molar-refractivity contribution is 6.30. The molecule has 2 aliphatic rings. The van der Waals surface area contributed by atoms with Crippen LogP contribution in [0.15, 0.2) is 47.6 Å². The first kappa shape index (κ1) is 12.5. The Bertz CT molecular complexity index is 727. The lowest BCUT2D eigenvalue weighted by molar-refractivity contribution is 0.282. The van der Waals surface area contributed by atoms with Gasteiger partial charge in [0.1, 0.15) is 0 Å². The number of benzene rings is 2. The van der Waals surface area contributed by atoms with E-state index in [1.54, 1.807) is 0 Å². The predicted octanol–water partition coefficient (Wildman–Crippen LogP) is 3.16. The number of hydrogen-bond donors (Lipinski definition) is 1. The largest absolute Gasteiger partial charge is 0.490 e. The number of nitrogens with two attached hydrogens (primary N) is 1. The summed E-state index contributed by atoms with van der Waals surface area (Å²) in [6.45, 7) is 1.43. The summed E-state index contributed by atoms with van der Waals surface area (Å²) in [7, 11) is 0. The molecule has 2 aromatic rings. The van der Waals surface area contributed by atoms with E-state index in [2.05, 4.69) is 0 Å². The second kappa shape index (κ2) is 4.67. The molecule has 4 nitrogen and oxygen atoms in total. The van der Waals surface area contributed by atoms with Crippen molar-refractivity contribution in [2.45, 2.75) is 0 Å². The van der Waals surface area contributed by atoms with E-state index in [4.69, 9.17) is 27.2 Å². The zero-order valence-corrected chi connectivity index (χ0v) is 12.0. The van der Waals surface area contributed by atoms with Crippen molar-refractivity contribution in [1.29, 1.82) is 0 Å². The maximum absolute atomic E-state index is 5.98. The van der Waals surface area contributed by atoms with Gasteiger partial charge in [-0.15, -0.1) is 0 Å². The number of hydrogen-bond acceptors (Lipinski definition) is 4. The fourth-order valence-corrected chi connectivity index (χ4v) is 2.96. The minimum atomic E-state index is 0.273. The molecule has 0 radical (unpaired) electrons. The molecule has 0 bridgehead atoms. The summed E-state index contributed by atoms with van der Waals surface area (Å²) in [5.41, 5.74) is 9.73. The van der Waals surface area contributed by atoms with Crippen molar-refractivity contribution < 1.29 is 4.74 Å². The highest BCUT2D eigenvalue weighted by Gasteiger charge is 2.34. The average molecular weight is 300 g/mol. The third-order valence-electron chi connectivity index (χ3n) is 3.88. The molecule has 106 valence electrons. The van der Waals surface area contributed by atoms with E-state index in [0.29, 0.717) is 12.3 Å². The molecule has 1 unspecified atom stereocenters. The average Bonchev–Trinajstić information content (AvgIpc) is 2.93. The molecule has 0 saturated carbocycles. The fraction of sp³-hybridized carbons (Fsp3) is 0.188. The Morgan fingerprint density at radius 1 is 1.19 bits per heavy atom. The summed E-state index contributed by atoms with van der Waals surface area (Å²) in [5, 5.41) is 7.49. The number of nitrogen functional groups attached to an aromatic ring is 1. The summed E-state index contributed by atoms with van der Waals surface area (Å²) in [4.78, 5) is 0. The van der Waals surface area contributed by atoms with Gasteiger partial charge >= 0.3 is 0 Å². The van der Waals surface area contributed by atoms with Crippen molar-refractivity contribution >= 4 is 28.7 Å². The number of hydrazone groups is 1. The van der Waals surface area contributed by atoms with Gasteiger partial charge in [0, 0.05) is 10.6 Å². The second-order valence-corrected chi connectivity index (χ2v) is 5.71. The summed E-state index contributed by atoms with van der Waals surface area (Å²) in [6.07, 6.45) is 0. The third-order valence-corrected chi connectivity index (χ3v) is 4.14. The van der Waals surface area contributed by atoms with Crippen molar-refractivity contribution in [2.24, 2.45) is 11.0 Å². The van der Waals surface area contributed by atoms with Gasteiger partial charge in [-0.3, -0.25) is 5.01 Å². The van der Waals surface area contributed by atoms with Gasteiger partial charge in [-0.05, 0) is 36.4 Å². The van der Waals surface area contributed by atoms with E-state index in [1.807, 2.05) is 47.5 Å². The summed E-state index contributed by atoms with van der Waals surface area (Å²) in [5.74, 6) is 1.03. The Morgan fingerprint density at radius 3 is 2.81 bits per heavy atom. The van der Waals surface area contributed by atoms with Gasteiger partial charge in [-0.1, -0.05) is 17.7 Å². The van der Waals surface area contributed by atoms with Gasteiger partial charge < -0.3 is 10.5 Å². The van der Waals surface area contributed by atoms with E-state index in [0.717, 1.165) is 34.3 Å². The molecule has 2 aliphatic heterocycles. The molecule has 0 aliphatic carbocycles. The van der Waals surface area contributed by atoms with Crippen LogP contribution in [-0.4, -0.2) is 18.9 Å². The maximum Gasteiger partial charge on any atom is 0.151 e. The molecule has 2 N–H and O–H groups in total. The Labute approximate surface area is 127 Å². The summed E-state index contributed by atoms with van der Waals surface area (Å²) in [6, 6.07) is 13.5. The minimum absolute atomic E-state index is 0.273. The molecule has 0 saturated heterocycles. The van der Waals surface area contributed by atoms with Crippen molar-refractivity contribution in [3.8, 4) is 5.75 Å². The van der Waals surface area contributed by atoms with Crippen molar-refractivity contribution in [3.05, 3.63) is 53.1 Å². The van der Waals surface area contributed by atoms with Crippen molar-refractivity contribution in [2.75, 3.05) is 23.9 Å². The van der Waals surface area contributed by atoms with Crippen LogP contribution < -0.4 is 15.5 Å². The molecule has 0 aromatic heterocycles. The van der Waals surface area contributed by atoms with E-state index in [1.165, 1.54) is 0 Å². The van der Waals surface area contributed by atoms with Crippen LogP contribution in [0.4, 0.5) is 11.4 Å². The molecule has 2 aromatic carbocycles. The maximum atomic E-state index is 5.98. The van der Waals surface area contributed by atoms with Crippen LogP contribution in [0.25, 0.3) is 0 Å². The highest BCUT2D eigenvalue weighted by Crippen LogP contribution is 2.36. The van der Waals surface area contributed by atoms with Gasteiger partial charge in [-0.25, -0.2) is 0 Å². The summed E-state index contributed by atoms with van der Waals surface area (Å²) < 4.78 is 5.82. The first-order valence-corrected chi connectivity index (χ1v) is 7.23. The standard InChI is InChI=1S/C16H14ClN3O/c17-11-4-6-12(7-5-11)20-8-10-9-21-16-13(15(10)19-20)2-1-3-14(16)18/h1-7,10H,8-9,18H2. The fourth-order valence-electron chi connectivity index (χ4n) is 2.83. The molecule has 0 fully saturated rings. The number of rotatable bonds is 1. The zero-order valence-electron chi connectivity index (χ0n) is 11.3. The molecule has 5 heteroatoms. The topological polar surface area (TPSA) is 50.9 Å². The quantitative estimate of drug-likeness (QED) is 0.823. The molecular formula is C16H14ClN3O. The molecule has 2 heterocycles. The van der Waals surface area contributed by atoms with Crippen LogP contribution in [0, 0.1) is 5.92 Å². The first-order valence-electron chi connectivity index (χ1n) is 6.85. The van der Waals surface area contributed by atoms with Gasteiger partial charge in [0.2, 0.25) is 0 Å². The molecule has 21 heavy (non-hydrogen) atoms. The van der Waals surface area contributed by atoms with Crippen LogP contribution in [-0.2, 0) is 0 Å². The molecule has 0 spiro atoms. The Balaban J connectivity index is 1.74. The van der Waals surface area contributed by atoms with E-state index in [9.17, 15) is 0 Å². The van der Waals surface area contributed by atoms with E-state index in [-0.39, 0.29) is 5.92 Å². The van der Waals surface area contributed by atoms with Crippen molar-refractivity contribution in [1.82, 2.24) is 0 Å². The summed E-state index contributed by atoms with van der Waals surface area (Å²) >= 11 is 5.94. The minimum Gasteiger partial charge on any atom is -0.490 e. The predicted molar refractivity (Wildman–Crippen MR) is 85.2 cm³/mol. The number of anilines is 2. The number of para-hydroxylation sites is 1. The molecule has 4 rings (SSSR count). The van der Waals surface area contributed by atoms with E-state index >= 15 is 0 Å². The van der Waals surface area contributed by atoms with Crippen LogP contribution in [0.5, 0.6) is 5.75 Å². The van der Waals surface area contributed by atoms with Crippen LogP contribution in [0.3, 0.4) is 0 Å². The van der Waals surface area contributed by atoms with Crippen LogP contribution in [0.2, 0.25) is 5.02 Å². The molecular weight excluding hydrogens is 286 g/mol. The highest BCUT2D eigenvalue weighted by atomic mass is 35.5. The van der Waals surface area contributed by atoms with Gasteiger partial charge in [0.15, 0.2) is 5.75 Å². The normalized spacial score (nSPS) is 19.6. The Kier molecular flexibility index (Phi) is 2.79. The number of halogens is 1. The van der Waals surface area contributed by atoms with Crippen LogP contribution >= 0.6 is 11.6 Å². The monoisotopic (exact) mass is 299 g/mol. The number of nitrogens with zero attached hydrogens (tertiary/aromatic N) is 2. The molecule has 1 atom stereocenters. The smallest absolute Gasteiger partial charge is 0.151 e. The van der Waals surface area contributed by atoms with Crippen molar-refractivity contribution in [3.63, 3.8) is 0 Å². The first-order chi connectivity index (χ1) is 10.2.